The molecule has 0 aliphatic heterocycles. The van der Waals surface area contributed by atoms with Crippen LogP contribution in [0.15, 0.2) is 11.1 Å². The lowest BCUT2D eigenvalue weighted by Crippen LogP contribution is -2.16. The Kier molecular flexibility index (Phi) is 1.42. The highest BCUT2D eigenvalue weighted by Gasteiger charge is 2.42. The van der Waals surface area contributed by atoms with Crippen molar-refractivity contribution in [1.29, 1.82) is 0 Å². The van der Waals surface area contributed by atoms with Crippen molar-refractivity contribution in [2.75, 3.05) is 0 Å². The molecule has 0 saturated carbocycles. The van der Waals surface area contributed by atoms with Crippen LogP contribution in [0.3, 0.4) is 0 Å². The first-order chi connectivity index (χ1) is 5.13. The molecule has 0 aromatic heterocycles. The Morgan fingerprint density at radius 1 is 1.00 bits per heavy atom. The highest BCUT2D eigenvalue weighted by molar-refractivity contribution is 5.36. The van der Waals surface area contributed by atoms with E-state index < -0.39 is 0 Å². The number of hydrogen-bond donors (Lipinski definition) is 0. The highest BCUT2D eigenvalue weighted by Crippen LogP contribution is 2.54. The number of rotatable bonds is 0. The van der Waals surface area contributed by atoms with Gasteiger partial charge in [-0.3, -0.25) is 0 Å². The Balaban J connectivity index is 2.30. The molecule has 62 valence electrons. The standard InChI is InChI=1S/C11H18/c1-6-5-10-8(3)7(2)9(4)11(6)10/h6-9H,5H2,1-4H3. The molecule has 0 aromatic carbocycles. The van der Waals surface area contributed by atoms with E-state index >= 15 is 0 Å². The van der Waals surface area contributed by atoms with E-state index in [4.69, 9.17) is 0 Å². The van der Waals surface area contributed by atoms with Crippen molar-refractivity contribution in [2.24, 2.45) is 23.7 Å². The van der Waals surface area contributed by atoms with E-state index in [1.54, 1.807) is 5.57 Å². The van der Waals surface area contributed by atoms with Gasteiger partial charge in [0.1, 0.15) is 0 Å². The van der Waals surface area contributed by atoms with Crippen molar-refractivity contribution in [3.05, 3.63) is 11.1 Å². The van der Waals surface area contributed by atoms with E-state index in [9.17, 15) is 0 Å². The molecule has 0 aromatic rings. The van der Waals surface area contributed by atoms with Gasteiger partial charge in [-0.05, 0) is 30.1 Å². The van der Waals surface area contributed by atoms with Crippen molar-refractivity contribution in [3.8, 4) is 0 Å². The van der Waals surface area contributed by atoms with Crippen LogP contribution in [-0.2, 0) is 0 Å². The van der Waals surface area contributed by atoms with E-state index in [0.29, 0.717) is 0 Å². The van der Waals surface area contributed by atoms with Crippen LogP contribution in [0.5, 0.6) is 0 Å². The third-order valence-electron chi connectivity index (χ3n) is 4.05. The van der Waals surface area contributed by atoms with E-state index in [1.165, 1.54) is 6.42 Å². The molecule has 2 aliphatic rings. The summed E-state index contributed by atoms with van der Waals surface area (Å²) in [6, 6.07) is 0. The second kappa shape index (κ2) is 2.12. The lowest BCUT2D eigenvalue weighted by Gasteiger charge is -2.29. The molecule has 0 N–H and O–H groups in total. The van der Waals surface area contributed by atoms with Crippen LogP contribution >= 0.6 is 0 Å². The van der Waals surface area contributed by atoms with Crippen LogP contribution in [0.1, 0.15) is 34.1 Å². The van der Waals surface area contributed by atoms with E-state index in [-0.39, 0.29) is 0 Å². The summed E-state index contributed by atoms with van der Waals surface area (Å²) < 4.78 is 0. The molecular formula is C11H18. The van der Waals surface area contributed by atoms with E-state index in [2.05, 4.69) is 27.7 Å². The van der Waals surface area contributed by atoms with Crippen molar-refractivity contribution >= 4 is 0 Å². The molecule has 0 heteroatoms. The fourth-order valence-electron chi connectivity index (χ4n) is 2.97. The van der Waals surface area contributed by atoms with Crippen LogP contribution in [0.25, 0.3) is 0 Å². The van der Waals surface area contributed by atoms with E-state index in [0.717, 1.165) is 23.7 Å². The lowest BCUT2D eigenvalue weighted by molar-refractivity contribution is 0.393. The summed E-state index contributed by atoms with van der Waals surface area (Å²) in [7, 11) is 0. The predicted octanol–water partition coefficient (Wildman–Crippen LogP) is 3.24. The predicted molar refractivity (Wildman–Crippen MR) is 48.3 cm³/mol. The molecule has 0 nitrogen and oxygen atoms in total. The zero-order chi connectivity index (χ0) is 8.17. The number of allylic oxidation sites excluding steroid dienone is 2. The Labute approximate surface area is 69.7 Å². The molecule has 4 atom stereocenters. The molecular weight excluding hydrogens is 132 g/mol. The van der Waals surface area contributed by atoms with Crippen molar-refractivity contribution in [3.63, 3.8) is 0 Å². The van der Waals surface area contributed by atoms with Gasteiger partial charge in [0.05, 0.1) is 0 Å². The summed E-state index contributed by atoms with van der Waals surface area (Å²) in [5.74, 6) is 3.58. The molecule has 0 saturated heterocycles. The highest BCUT2D eigenvalue weighted by atomic mass is 14.5. The lowest BCUT2D eigenvalue weighted by atomic mass is 9.76. The molecule has 2 rings (SSSR count). The summed E-state index contributed by atoms with van der Waals surface area (Å²) in [5.41, 5.74) is 3.61. The molecule has 0 amide bonds. The molecule has 2 aliphatic carbocycles. The fraction of sp³-hybridized carbons (Fsp3) is 0.818. The Morgan fingerprint density at radius 2 is 1.64 bits per heavy atom. The van der Waals surface area contributed by atoms with Gasteiger partial charge in [-0.2, -0.15) is 0 Å². The maximum atomic E-state index is 2.40. The quantitative estimate of drug-likeness (QED) is 0.465. The minimum absolute atomic E-state index is 0.878. The average molecular weight is 150 g/mol. The van der Waals surface area contributed by atoms with Crippen LogP contribution in [0.4, 0.5) is 0 Å². The second-order valence-electron chi connectivity index (χ2n) is 4.52. The van der Waals surface area contributed by atoms with E-state index in [1.807, 2.05) is 5.57 Å². The van der Waals surface area contributed by atoms with Crippen LogP contribution in [0, 0.1) is 23.7 Å². The summed E-state index contributed by atoms with van der Waals surface area (Å²) in [6.45, 7) is 9.58. The zero-order valence-electron chi connectivity index (χ0n) is 8.02. The Hall–Kier alpha value is -0.260. The van der Waals surface area contributed by atoms with Gasteiger partial charge in [-0.25, -0.2) is 0 Å². The normalized spacial score (nSPS) is 49.1. The van der Waals surface area contributed by atoms with Gasteiger partial charge < -0.3 is 0 Å². The Bertz CT molecular complexity index is 212. The summed E-state index contributed by atoms with van der Waals surface area (Å²) in [5, 5.41) is 0. The SMILES string of the molecule is CC1CC2=C1C(C)C(C)C2C. The third kappa shape index (κ3) is 0.758. The average Bonchev–Trinajstić information content (AvgIpc) is 2.10. The fourth-order valence-corrected chi connectivity index (χ4v) is 2.97. The topological polar surface area (TPSA) is 0 Å². The minimum Gasteiger partial charge on any atom is -0.0667 e. The summed E-state index contributed by atoms with van der Waals surface area (Å²) >= 11 is 0. The second-order valence-corrected chi connectivity index (χ2v) is 4.52. The first-order valence-electron chi connectivity index (χ1n) is 4.85. The van der Waals surface area contributed by atoms with Crippen molar-refractivity contribution in [2.45, 2.75) is 34.1 Å². The summed E-state index contributed by atoms with van der Waals surface area (Å²) in [4.78, 5) is 0. The molecule has 11 heavy (non-hydrogen) atoms. The molecule has 0 bridgehead atoms. The molecule has 0 spiro atoms. The molecule has 0 radical (unpaired) electrons. The molecule has 0 heterocycles. The van der Waals surface area contributed by atoms with Crippen LogP contribution in [0.2, 0.25) is 0 Å². The van der Waals surface area contributed by atoms with Gasteiger partial charge in [0.15, 0.2) is 0 Å². The monoisotopic (exact) mass is 150 g/mol. The van der Waals surface area contributed by atoms with Gasteiger partial charge >= 0.3 is 0 Å². The first kappa shape index (κ1) is 7.39. The molecule has 0 fully saturated rings. The van der Waals surface area contributed by atoms with Gasteiger partial charge in [0.2, 0.25) is 0 Å². The summed E-state index contributed by atoms with van der Waals surface area (Å²) in [6.07, 6.45) is 1.39. The van der Waals surface area contributed by atoms with Gasteiger partial charge in [-0.15, -0.1) is 0 Å². The zero-order valence-corrected chi connectivity index (χ0v) is 8.02. The maximum Gasteiger partial charge on any atom is -0.0189 e. The smallest absolute Gasteiger partial charge is 0.0189 e. The van der Waals surface area contributed by atoms with Crippen LogP contribution in [-0.4, -0.2) is 0 Å². The van der Waals surface area contributed by atoms with Crippen molar-refractivity contribution in [1.82, 2.24) is 0 Å². The van der Waals surface area contributed by atoms with Crippen molar-refractivity contribution < 1.29 is 0 Å². The third-order valence-corrected chi connectivity index (χ3v) is 4.05. The molecule has 4 unspecified atom stereocenters. The maximum absolute atomic E-state index is 2.40. The Morgan fingerprint density at radius 3 is 2.00 bits per heavy atom. The van der Waals surface area contributed by atoms with Crippen LogP contribution < -0.4 is 0 Å². The first-order valence-corrected chi connectivity index (χ1v) is 4.85. The van der Waals surface area contributed by atoms with Gasteiger partial charge in [-0.1, -0.05) is 38.8 Å². The van der Waals surface area contributed by atoms with Gasteiger partial charge in [0.25, 0.3) is 0 Å². The minimum atomic E-state index is 0.878. The largest absolute Gasteiger partial charge is 0.0667 e. The number of hydrogen-bond acceptors (Lipinski definition) is 0. The van der Waals surface area contributed by atoms with Gasteiger partial charge in [0, 0.05) is 0 Å².